The first-order valence-electron chi connectivity index (χ1n) is 14.9. The van der Waals surface area contributed by atoms with Crippen LogP contribution >= 0.6 is 0 Å². The van der Waals surface area contributed by atoms with Gasteiger partial charge in [-0.2, -0.15) is 0 Å². The Bertz CT molecular complexity index is 767. The Balaban J connectivity index is 2.11. The molecule has 0 bridgehead atoms. The van der Waals surface area contributed by atoms with Gasteiger partial charge in [0.25, 0.3) is 0 Å². The second kappa shape index (κ2) is 18.3. The van der Waals surface area contributed by atoms with Crippen molar-refractivity contribution in [3.63, 3.8) is 0 Å². The maximum atomic E-state index is 12.6. The zero-order chi connectivity index (χ0) is 30.4. The van der Waals surface area contributed by atoms with Crippen LogP contribution in [0.25, 0.3) is 0 Å². The van der Waals surface area contributed by atoms with Crippen molar-refractivity contribution >= 4 is 11.9 Å². The Morgan fingerprint density at radius 2 is 1.39 bits per heavy atom. The lowest BCUT2D eigenvalue weighted by Gasteiger charge is -2.48. The molecule has 13 nitrogen and oxygen atoms in total. The van der Waals surface area contributed by atoms with Gasteiger partial charge in [0.15, 0.2) is 12.4 Å². The van der Waals surface area contributed by atoms with Crippen LogP contribution in [-0.2, 0) is 33.3 Å². The van der Waals surface area contributed by atoms with E-state index in [4.69, 9.17) is 23.7 Å². The van der Waals surface area contributed by atoms with Gasteiger partial charge < -0.3 is 54.3 Å². The van der Waals surface area contributed by atoms with Gasteiger partial charge in [0.1, 0.15) is 49.8 Å². The summed E-state index contributed by atoms with van der Waals surface area (Å²) in [6, 6.07) is 0. The highest BCUT2D eigenvalue weighted by molar-refractivity contribution is 5.70. The molecule has 2 aliphatic rings. The first kappa shape index (κ1) is 35.8. The third-order valence-corrected chi connectivity index (χ3v) is 7.49. The first-order valence-corrected chi connectivity index (χ1v) is 14.9. The number of rotatable bonds is 18. The molecule has 0 radical (unpaired) electrons. The van der Waals surface area contributed by atoms with Crippen LogP contribution in [0.4, 0.5) is 0 Å². The second-order valence-electron chi connectivity index (χ2n) is 10.9. The molecule has 0 aliphatic carbocycles. The molecule has 0 amide bonds. The summed E-state index contributed by atoms with van der Waals surface area (Å²) >= 11 is 0. The molecule has 240 valence electrons. The van der Waals surface area contributed by atoms with Gasteiger partial charge in [-0.15, -0.1) is 0 Å². The molecule has 2 heterocycles. The van der Waals surface area contributed by atoms with Crippen LogP contribution in [0.15, 0.2) is 0 Å². The fourth-order valence-electron chi connectivity index (χ4n) is 4.84. The predicted molar refractivity (Wildman–Crippen MR) is 143 cm³/mol. The molecular formula is C28H50O13. The average Bonchev–Trinajstić information content (AvgIpc) is 2.96. The molecule has 0 aromatic rings. The minimum atomic E-state index is -2.32. The van der Waals surface area contributed by atoms with Crippen molar-refractivity contribution in [3.8, 4) is 0 Å². The van der Waals surface area contributed by atoms with Gasteiger partial charge in [-0.1, -0.05) is 65.2 Å². The van der Waals surface area contributed by atoms with Crippen LogP contribution < -0.4 is 0 Å². The Hall–Kier alpha value is -1.42. The molecule has 41 heavy (non-hydrogen) atoms. The minimum absolute atomic E-state index is 0.0518. The summed E-state index contributed by atoms with van der Waals surface area (Å²) < 4.78 is 27.3. The number of hydrogen-bond donors (Lipinski definition) is 6. The van der Waals surface area contributed by atoms with Crippen molar-refractivity contribution in [3.05, 3.63) is 0 Å². The molecule has 6 N–H and O–H groups in total. The van der Waals surface area contributed by atoms with E-state index in [9.17, 15) is 40.2 Å². The van der Waals surface area contributed by atoms with Gasteiger partial charge in [0, 0.05) is 12.8 Å². The van der Waals surface area contributed by atoms with Crippen LogP contribution in [0.1, 0.15) is 90.9 Å². The molecule has 2 aliphatic heterocycles. The second-order valence-corrected chi connectivity index (χ2v) is 10.9. The van der Waals surface area contributed by atoms with Crippen LogP contribution in [0.2, 0.25) is 0 Å². The number of carbonyl (C=O) groups is 2. The van der Waals surface area contributed by atoms with Crippen LogP contribution in [-0.4, -0.2) is 117 Å². The molecule has 9 atom stereocenters. The molecule has 2 fully saturated rings. The summed E-state index contributed by atoms with van der Waals surface area (Å²) in [5.41, 5.74) is 0. The number of esters is 2. The Morgan fingerprint density at radius 3 is 1.98 bits per heavy atom. The zero-order valence-corrected chi connectivity index (χ0v) is 24.3. The number of aliphatic hydroxyl groups is 6. The molecule has 0 saturated carbocycles. The summed E-state index contributed by atoms with van der Waals surface area (Å²) in [4.78, 5) is 24.9. The number of aliphatic hydroxyl groups excluding tert-OH is 6. The fourth-order valence-corrected chi connectivity index (χ4v) is 4.84. The number of ether oxygens (including phenoxy) is 5. The summed E-state index contributed by atoms with van der Waals surface area (Å²) in [6.07, 6.45) is -3.96. The van der Waals surface area contributed by atoms with Crippen LogP contribution in [0, 0.1) is 0 Å². The van der Waals surface area contributed by atoms with Gasteiger partial charge in [0.2, 0.25) is 5.79 Å². The highest BCUT2D eigenvalue weighted by Gasteiger charge is 2.56. The maximum absolute atomic E-state index is 12.6. The van der Waals surface area contributed by atoms with Gasteiger partial charge >= 0.3 is 11.9 Å². The van der Waals surface area contributed by atoms with E-state index < -0.39 is 86.6 Å². The van der Waals surface area contributed by atoms with Gasteiger partial charge in [0.05, 0.1) is 6.61 Å². The normalized spacial score (nSPS) is 33.9. The van der Waals surface area contributed by atoms with E-state index in [0.29, 0.717) is 12.8 Å². The third-order valence-electron chi connectivity index (χ3n) is 7.49. The molecule has 0 unspecified atom stereocenters. The minimum Gasteiger partial charge on any atom is -0.463 e. The van der Waals surface area contributed by atoms with E-state index in [-0.39, 0.29) is 12.8 Å². The summed E-state index contributed by atoms with van der Waals surface area (Å²) in [5.74, 6) is -3.51. The van der Waals surface area contributed by atoms with Crippen molar-refractivity contribution in [1.29, 1.82) is 0 Å². The van der Waals surface area contributed by atoms with E-state index in [1.165, 1.54) is 0 Å². The molecular weight excluding hydrogens is 544 g/mol. The lowest BCUT2D eigenvalue weighted by atomic mass is 9.96. The topological polar surface area (TPSA) is 202 Å². The lowest BCUT2D eigenvalue weighted by Crippen LogP contribution is -2.68. The monoisotopic (exact) mass is 594 g/mol. The van der Waals surface area contributed by atoms with Crippen molar-refractivity contribution in [2.45, 2.75) is 146 Å². The number of carbonyl (C=O) groups excluding carboxylic acids is 2. The largest absolute Gasteiger partial charge is 0.463 e. The molecule has 0 aromatic carbocycles. The van der Waals surface area contributed by atoms with Crippen molar-refractivity contribution < 1.29 is 63.9 Å². The molecule has 13 heteroatoms. The number of hydrogen-bond acceptors (Lipinski definition) is 13. The van der Waals surface area contributed by atoms with Crippen molar-refractivity contribution in [1.82, 2.24) is 0 Å². The highest BCUT2D eigenvalue weighted by atomic mass is 16.8. The lowest BCUT2D eigenvalue weighted by molar-refractivity contribution is -0.415. The Morgan fingerprint density at radius 1 is 0.805 bits per heavy atom. The quantitative estimate of drug-likeness (QED) is 0.0943. The van der Waals surface area contributed by atoms with E-state index in [1.807, 2.05) is 0 Å². The third kappa shape index (κ3) is 10.7. The SMILES string of the molecule is CCCCCCCC(=O)OC[C@H]1O[C@H](O[C@]2(CO)OC[C@@H](O)[C@@H](O)[C@@H]2O)[C@H](O)[C@@H](OC(=O)CCCCCCC)[C@@H]1O. The average molecular weight is 595 g/mol. The van der Waals surface area contributed by atoms with Crippen molar-refractivity contribution in [2.75, 3.05) is 19.8 Å². The molecule has 2 rings (SSSR count). The Labute approximate surface area is 241 Å². The molecule has 2 saturated heterocycles. The van der Waals surface area contributed by atoms with Crippen molar-refractivity contribution in [2.24, 2.45) is 0 Å². The van der Waals surface area contributed by atoms with Gasteiger partial charge in [-0.05, 0) is 12.8 Å². The van der Waals surface area contributed by atoms with E-state index >= 15 is 0 Å². The van der Waals surface area contributed by atoms with Gasteiger partial charge in [-0.25, -0.2) is 0 Å². The summed E-state index contributed by atoms with van der Waals surface area (Å²) in [6.45, 7) is 2.18. The fraction of sp³-hybridized carbons (Fsp3) is 0.929. The molecule has 0 spiro atoms. The summed E-state index contributed by atoms with van der Waals surface area (Å²) in [7, 11) is 0. The maximum Gasteiger partial charge on any atom is 0.306 e. The predicted octanol–water partition coefficient (Wildman–Crippen LogP) is 0.427. The van der Waals surface area contributed by atoms with Crippen LogP contribution in [0.5, 0.6) is 0 Å². The van der Waals surface area contributed by atoms with Gasteiger partial charge in [-0.3, -0.25) is 9.59 Å². The van der Waals surface area contributed by atoms with E-state index in [1.54, 1.807) is 0 Å². The zero-order valence-electron chi connectivity index (χ0n) is 24.3. The number of unbranched alkanes of at least 4 members (excludes halogenated alkanes) is 8. The van der Waals surface area contributed by atoms with Crippen LogP contribution in [0.3, 0.4) is 0 Å². The van der Waals surface area contributed by atoms with E-state index in [0.717, 1.165) is 51.4 Å². The molecule has 0 aromatic heterocycles. The highest BCUT2D eigenvalue weighted by Crippen LogP contribution is 2.33. The Kier molecular flexibility index (Phi) is 16.0. The standard InChI is InChI=1S/C28H50O13/c1-3-5-7-9-11-13-20(31)37-16-19-23(34)25(40-21(32)14-12-10-8-6-4-2)24(35)27(39-19)41-28(17-29)26(36)22(33)18(30)15-38-28/h18-19,22-27,29-30,33-36H,3-17H2,1-2H3/t18-,19-,22-,23-,24-,25+,26+,27-,28+/m1/s1. The van der Waals surface area contributed by atoms with E-state index in [2.05, 4.69) is 13.8 Å². The first-order chi connectivity index (χ1) is 19.6. The smallest absolute Gasteiger partial charge is 0.306 e. The summed E-state index contributed by atoms with van der Waals surface area (Å²) in [5, 5.41) is 62.4.